The number of nitro benzene ring substituents is 1. The summed E-state index contributed by atoms with van der Waals surface area (Å²) in [6.07, 6.45) is 7.08. The number of nitrogens with zero attached hydrogens (tertiary/aromatic N) is 3. The zero-order valence-corrected chi connectivity index (χ0v) is 11.7. The van der Waals surface area contributed by atoms with Crippen molar-refractivity contribution in [2.24, 2.45) is 7.05 Å². The molecular formula is C14H19N4O2+. The highest BCUT2D eigenvalue weighted by Gasteiger charge is 2.07. The monoisotopic (exact) mass is 275 g/mol. The Morgan fingerprint density at radius 1 is 1.45 bits per heavy atom. The molecule has 0 saturated heterocycles. The molecule has 1 heterocycles. The molecule has 1 aromatic carbocycles. The molecular weight excluding hydrogens is 256 g/mol. The molecule has 0 aliphatic heterocycles. The number of aryl methyl sites for hydroxylation is 3. The van der Waals surface area contributed by atoms with Gasteiger partial charge in [0.25, 0.3) is 5.69 Å². The Hall–Kier alpha value is -2.37. The van der Waals surface area contributed by atoms with Crippen LogP contribution in [0.2, 0.25) is 0 Å². The fourth-order valence-corrected chi connectivity index (χ4v) is 2.08. The molecule has 0 fully saturated rings. The average molecular weight is 275 g/mol. The molecule has 0 amide bonds. The molecule has 6 nitrogen and oxygen atoms in total. The molecule has 0 aliphatic rings. The van der Waals surface area contributed by atoms with Crippen LogP contribution in [-0.4, -0.2) is 16.0 Å². The van der Waals surface area contributed by atoms with Crippen molar-refractivity contribution in [3.05, 3.63) is 52.6 Å². The third-order valence-corrected chi connectivity index (χ3v) is 3.15. The van der Waals surface area contributed by atoms with Gasteiger partial charge in [0.1, 0.15) is 12.4 Å². The largest absolute Gasteiger partial charge is 0.385 e. The number of benzene rings is 1. The molecule has 20 heavy (non-hydrogen) atoms. The van der Waals surface area contributed by atoms with Crippen LogP contribution in [0.4, 0.5) is 11.4 Å². The Balaban J connectivity index is 1.83. The fourth-order valence-electron chi connectivity index (χ4n) is 2.08. The minimum absolute atomic E-state index is 0.132. The van der Waals surface area contributed by atoms with Gasteiger partial charge in [0.05, 0.1) is 18.5 Å². The Labute approximate surface area is 117 Å². The van der Waals surface area contributed by atoms with Gasteiger partial charge in [-0.25, -0.2) is 9.13 Å². The van der Waals surface area contributed by atoms with E-state index < -0.39 is 0 Å². The Bertz CT molecular complexity index is 607. The maximum absolute atomic E-state index is 10.7. The van der Waals surface area contributed by atoms with Gasteiger partial charge in [0.15, 0.2) is 0 Å². The number of rotatable bonds is 6. The average Bonchev–Trinajstić information content (AvgIpc) is 2.81. The van der Waals surface area contributed by atoms with Crippen molar-refractivity contribution in [3.8, 4) is 0 Å². The number of nitrogens with one attached hydrogen (secondary N) is 1. The van der Waals surface area contributed by atoms with Crippen molar-refractivity contribution in [2.75, 3.05) is 11.9 Å². The van der Waals surface area contributed by atoms with Gasteiger partial charge in [-0.15, -0.1) is 0 Å². The van der Waals surface area contributed by atoms with Gasteiger partial charge in [-0.05, 0) is 18.6 Å². The van der Waals surface area contributed by atoms with E-state index >= 15 is 0 Å². The summed E-state index contributed by atoms with van der Waals surface area (Å²) < 4.78 is 4.14. The highest BCUT2D eigenvalue weighted by Crippen LogP contribution is 2.20. The van der Waals surface area contributed by atoms with Crippen LogP contribution in [0, 0.1) is 17.0 Å². The molecule has 0 aliphatic carbocycles. The molecule has 0 atom stereocenters. The zero-order chi connectivity index (χ0) is 14.5. The highest BCUT2D eigenvalue weighted by atomic mass is 16.6. The van der Waals surface area contributed by atoms with Crippen molar-refractivity contribution in [3.63, 3.8) is 0 Å². The molecule has 106 valence electrons. The van der Waals surface area contributed by atoms with E-state index in [9.17, 15) is 10.1 Å². The van der Waals surface area contributed by atoms with Crippen LogP contribution in [0.3, 0.4) is 0 Å². The van der Waals surface area contributed by atoms with E-state index in [1.807, 2.05) is 37.3 Å². The number of anilines is 1. The van der Waals surface area contributed by atoms with Crippen molar-refractivity contribution < 1.29 is 9.49 Å². The summed E-state index contributed by atoms with van der Waals surface area (Å²) in [4.78, 5) is 10.3. The first kappa shape index (κ1) is 14.0. The maximum Gasteiger partial charge on any atom is 0.269 e. The summed E-state index contributed by atoms with van der Waals surface area (Å²) >= 11 is 0. The van der Waals surface area contributed by atoms with E-state index in [1.54, 1.807) is 12.1 Å². The highest BCUT2D eigenvalue weighted by molar-refractivity contribution is 5.55. The number of imidazole rings is 1. The summed E-state index contributed by atoms with van der Waals surface area (Å²) in [5.41, 5.74) is 1.98. The fraction of sp³-hybridized carbons (Fsp3) is 0.357. The number of aromatic nitrogens is 2. The lowest BCUT2D eigenvalue weighted by Crippen LogP contribution is -2.23. The second-order valence-electron chi connectivity index (χ2n) is 4.85. The third kappa shape index (κ3) is 3.57. The van der Waals surface area contributed by atoms with E-state index in [1.165, 1.54) is 6.07 Å². The van der Waals surface area contributed by atoms with E-state index in [2.05, 4.69) is 9.88 Å². The zero-order valence-electron chi connectivity index (χ0n) is 11.7. The van der Waals surface area contributed by atoms with Crippen LogP contribution in [0.15, 0.2) is 36.9 Å². The van der Waals surface area contributed by atoms with Gasteiger partial charge in [0, 0.05) is 30.8 Å². The van der Waals surface area contributed by atoms with Crippen molar-refractivity contribution >= 4 is 11.4 Å². The van der Waals surface area contributed by atoms with Crippen molar-refractivity contribution in [2.45, 2.75) is 19.9 Å². The van der Waals surface area contributed by atoms with E-state index in [-0.39, 0.29) is 10.6 Å². The molecule has 0 radical (unpaired) electrons. The standard InChI is InChI=1S/C14H19N4O2/c1-12-10-13(18(19)20)4-5-14(12)15-6-3-7-17-9-8-16(2)11-17/h4-5,8-11,15H,3,6-7H2,1-2H3/q+1. The lowest BCUT2D eigenvalue weighted by molar-refractivity contribution is -0.671. The van der Waals surface area contributed by atoms with Gasteiger partial charge in [-0.3, -0.25) is 10.1 Å². The SMILES string of the molecule is Cc1cc([N+](=O)[O-])ccc1NCCCn1cc[n+](C)c1. The van der Waals surface area contributed by atoms with Crippen LogP contribution in [0.1, 0.15) is 12.0 Å². The van der Waals surface area contributed by atoms with Crippen LogP contribution < -0.4 is 9.88 Å². The van der Waals surface area contributed by atoms with Crippen LogP contribution in [0.5, 0.6) is 0 Å². The lowest BCUT2D eigenvalue weighted by Gasteiger charge is -2.08. The third-order valence-electron chi connectivity index (χ3n) is 3.15. The van der Waals surface area contributed by atoms with Crippen molar-refractivity contribution in [1.29, 1.82) is 0 Å². The number of non-ortho nitro benzene ring substituents is 1. The predicted octanol–water partition coefficient (Wildman–Crippen LogP) is 2.03. The number of nitro groups is 1. The first-order chi connectivity index (χ1) is 9.56. The minimum Gasteiger partial charge on any atom is -0.385 e. The summed E-state index contributed by atoms with van der Waals surface area (Å²) in [6.45, 7) is 3.65. The molecule has 2 aromatic rings. The van der Waals surface area contributed by atoms with Gasteiger partial charge >= 0.3 is 0 Å². The Morgan fingerprint density at radius 3 is 2.85 bits per heavy atom. The van der Waals surface area contributed by atoms with E-state index in [0.29, 0.717) is 0 Å². The Kier molecular flexibility index (Phi) is 4.34. The molecule has 0 unspecified atom stereocenters. The summed E-state index contributed by atoms with van der Waals surface area (Å²) in [5.74, 6) is 0. The molecule has 1 aromatic heterocycles. The normalized spacial score (nSPS) is 10.5. The Morgan fingerprint density at radius 2 is 2.25 bits per heavy atom. The molecule has 0 bridgehead atoms. The van der Waals surface area contributed by atoms with Gasteiger partial charge < -0.3 is 5.32 Å². The molecule has 0 saturated carbocycles. The van der Waals surface area contributed by atoms with Crippen LogP contribution in [0.25, 0.3) is 0 Å². The molecule has 0 spiro atoms. The second kappa shape index (κ2) is 6.18. The van der Waals surface area contributed by atoms with E-state index in [0.717, 1.165) is 30.8 Å². The smallest absolute Gasteiger partial charge is 0.269 e. The first-order valence-electron chi connectivity index (χ1n) is 6.56. The summed E-state index contributed by atoms with van der Waals surface area (Å²) in [5, 5.41) is 14.0. The van der Waals surface area contributed by atoms with Crippen LogP contribution >= 0.6 is 0 Å². The topological polar surface area (TPSA) is 64.0 Å². The number of hydrogen-bond acceptors (Lipinski definition) is 3. The number of hydrogen-bond donors (Lipinski definition) is 1. The molecule has 6 heteroatoms. The quantitative estimate of drug-likeness (QED) is 0.380. The minimum atomic E-state index is -0.372. The van der Waals surface area contributed by atoms with Gasteiger partial charge in [-0.1, -0.05) is 0 Å². The van der Waals surface area contributed by atoms with Gasteiger partial charge in [-0.2, -0.15) is 0 Å². The maximum atomic E-state index is 10.7. The summed E-state index contributed by atoms with van der Waals surface area (Å²) in [7, 11) is 2.00. The molecule has 2 rings (SSSR count). The molecule has 1 N–H and O–H groups in total. The van der Waals surface area contributed by atoms with E-state index in [4.69, 9.17) is 0 Å². The first-order valence-corrected chi connectivity index (χ1v) is 6.56. The van der Waals surface area contributed by atoms with Gasteiger partial charge in [0.2, 0.25) is 6.33 Å². The predicted molar refractivity (Wildman–Crippen MR) is 76.5 cm³/mol. The lowest BCUT2D eigenvalue weighted by atomic mass is 10.2. The van der Waals surface area contributed by atoms with Crippen LogP contribution in [-0.2, 0) is 13.6 Å². The van der Waals surface area contributed by atoms with Crippen molar-refractivity contribution in [1.82, 2.24) is 4.57 Å². The summed E-state index contributed by atoms with van der Waals surface area (Å²) in [6, 6.07) is 4.89. The second-order valence-corrected chi connectivity index (χ2v) is 4.85.